The molecule has 2 aromatic heterocycles. The highest BCUT2D eigenvalue weighted by atomic mass is 32.2. The van der Waals surface area contributed by atoms with Crippen LogP contribution in [0.4, 0.5) is 5.69 Å². The molecule has 28 heavy (non-hydrogen) atoms. The SMILES string of the molecule is CC(=O)Nc1ccc(C)c(S(=O)(=O)N(Cc2cccnc2)Cc2ccco2)c1. The molecule has 0 aliphatic heterocycles. The first-order valence-electron chi connectivity index (χ1n) is 8.66. The Balaban J connectivity index is 2.01. The first kappa shape index (κ1) is 19.8. The number of sulfonamides is 1. The van der Waals surface area contributed by atoms with E-state index in [4.69, 9.17) is 4.42 Å². The van der Waals surface area contributed by atoms with Crippen LogP contribution in [0.2, 0.25) is 0 Å². The Kier molecular flexibility index (Phi) is 5.91. The van der Waals surface area contributed by atoms with Crippen molar-refractivity contribution in [2.75, 3.05) is 5.32 Å². The van der Waals surface area contributed by atoms with Gasteiger partial charge in [0.1, 0.15) is 5.76 Å². The summed E-state index contributed by atoms with van der Waals surface area (Å²) in [6.07, 6.45) is 4.77. The predicted molar refractivity (Wildman–Crippen MR) is 105 cm³/mol. The Morgan fingerprint density at radius 1 is 1.18 bits per heavy atom. The second-order valence-corrected chi connectivity index (χ2v) is 8.28. The first-order valence-corrected chi connectivity index (χ1v) is 10.1. The largest absolute Gasteiger partial charge is 0.468 e. The number of carbonyl (C=O) groups is 1. The van der Waals surface area contributed by atoms with Crippen molar-refractivity contribution in [2.45, 2.75) is 31.8 Å². The van der Waals surface area contributed by atoms with Crippen molar-refractivity contribution in [2.24, 2.45) is 0 Å². The maximum Gasteiger partial charge on any atom is 0.244 e. The predicted octanol–water partition coefficient (Wildman–Crippen LogP) is 3.33. The van der Waals surface area contributed by atoms with Crippen molar-refractivity contribution in [1.82, 2.24) is 9.29 Å². The minimum Gasteiger partial charge on any atom is -0.468 e. The van der Waals surface area contributed by atoms with E-state index in [2.05, 4.69) is 10.3 Å². The van der Waals surface area contributed by atoms with Gasteiger partial charge in [-0.25, -0.2) is 8.42 Å². The van der Waals surface area contributed by atoms with Crippen LogP contribution in [-0.2, 0) is 27.9 Å². The van der Waals surface area contributed by atoms with E-state index in [1.54, 1.807) is 49.6 Å². The van der Waals surface area contributed by atoms with E-state index >= 15 is 0 Å². The van der Waals surface area contributed by atoms with Gasteiger partial charge >= 0.3 is 0 Å². The molecule has 1 aromatic carbocycles. The average Bonchev–Trinajstić information content (AvgIpc) is 3.16. The first-order chi connectivity index (χ1) is 13.4. The molecule has 0 bridgehead atoms. The topological polar surface area (TPSA) is 92.5 Å². The fourth-order valence-corrected chi connectivity index (χ4v) is 4.44. The summed E-state index contributed by atoms with van der Waals surface area (Å²) in [7, 11) is -3.87. The third-order valence-electron chi connectivity index (χ3n) is 4.12. The van der Waals surface area contributed by atoms with Crippen molar-refractivity contribution in [3.63, 3.8) is 0 Å². The molecule has 8 heteroatoms. The van der Waals surface area contributed by atoms with Crippen molar-refractivity contribution in [3.8, 4) is 0 Å². The summed E-state index contributed by atoms with van der Waals surface area (Å²) in [5.74, 6) is 0.262. The highest BCUT2D eigenvalue weighted by Gasteiger charge is 2.28. The van der Waals surface area contributed by atoms with Crippen molar-refractivity contribution in [1.29, 1.82) is 0 Å². The van der Waals surface area contributed by atoms with Crippen molar-refractivity contribution in [3.05, 3.63) is 78.0 Å². The lowest BCUT2D eigenvalue weighted by Gasteiger charge is -2.23. The zero-order chi connectivity index (χ0) is 20.1. The van der Waals surface area contributed by atoms with Crippen molar-refractivity contribution >= 4 is 21.6 Å². The van der Waals surface area contributed by atoms with E-state index in [0.29, 0.717) is 17.0 Å². The number of pyridine rings is 1. The van der Waals surface area contributed by atoms with E-state index < -0.39 is 10.0 Å². The number of anilines is 1. The molecule has 1 N–H and O–H groups in total. The van der Waals surface area contributed by atoms with Gasteiger partial charge in [-0.2, -0.15) is 4.31 Å². The van der Waals surface area contributed by atoms with Gasteiger partial charge in [-0.15, -0.1) is 0 Å². The highest BCUT2D eigenvalue weighted by molar-refractivity contribution is 7.89. The zero-order valence-electron chi connectivity index (χ0n) is 15.6. The molecule has 0 atom stereocenters. The molecule has 0 fully saturated rings. The minimum atomic E-state index is -3.87. The van der Waals surface area contributed by atoms with Gasteiger partial charge in [0.2, 0.25) is 15.9 Å². The van der Waals surface area contributed by atoms with Crippen LogP contribution in [0.15, 0.2) is 70.4 Å². The number of carbonyl (C=O) groups excluding carboxylic acids is 1. The van der Waals surface area contributed by atoms with E-state index in [1.165, 1.54) is 23.6 Å². The Morgan fingerprint density at radius 3 is 2.64 bits per heavy atom. The van der Waals surface area contributed by atoms with E-state index in [9.17, 15) is 13.2 Å². The lowest BCUT2D eigenvalue weighted by Crippen LogP contribution is -2.30. The smallest absolute Gasteiger partial charge is 0.244 e. The molecule has 7 nitrogen and oxygen atoms in total. The number of hydrogen-bond donors (Lipinski definition) is 1. The number of aryl methyl sites for hydroxylation is 1. The van der Waals surface area contributed by atoms with Crippen LogP contribution in [0.5, 0.6) is 0 Å². The van der Waals surface area contributed by atoms with Crippen LogP contribution in [0.25, 0.3) is 0 Å². The molecule has 0 spiro atoms. The van der Waals surface area contributed by atoms with Gasteiger partial charge < -0.3 is 9.73 Å². The third kappa shape index (κ3) is 4.65. The Morgan fingerprint density at radius 2 is 2.00 bits per heavy atom. The maximum absolute atomic E-state index is 13.5. The minimum absolute atomic E-state index is 0.0774. The summed E-state index contributed by atoms with van der Waals surface area (Å²) in [6, 6.07) is 11.8. The molecule has 0 aliphatic rings. The summed E-state index contributed by atoms with van der Waals surface area (Å²) in [4.78, 5) is 15.6. The van der Waals surface area contributed by atoms with Gasteiger partial charge in [-0.1, -0.05) is 12.1 Å². The van der Waals surface area contributed by atoms with Crippen molar-refractivity contribution < 1.29 is 17.6 Å². The fourth-order valence-electron chi connectivity index (χ4n) is 2.80. The highest BCUT2D eigenvalue weighted by Crippen LogP contribution is 2.26. The number of nitrogens with zero attached hydrogens (tertiary/aromatic N) is 2. The molecule has 3 rings (SSSR count). The van der Waals surface area contributed by atoms with Gasteiger partial charge in [0.15, 0.2) is 0 Å². The molecular formula is C20H21N3O4S. The molecule has 1 amide bonds. The van der Waals surface area contributed by atoms with Crippen LogP contribution in [-0.4, -0.2) is 23.6 Å². The molecule has 0 unspecified atom stereocenters. The van der Waals surface area contributed by atoms with E-state index in [0.717, 1.165) is 5.56 Å². The summed E-state index contributed by atoms with van der Waals surface area (Å²) >= 11 is 0. The Labute approximate surface area is 164 Å². The number of nitrogens with one attached hydrogen (secondary N) is 1. The van der Waals surface area contributed by atoms with Gasteiger partial charge in [0.05, 0.1) is 17.7 Å². The average molecular weight is 399 g/mol. The van der Waals surface area contributed by atoms with Gasteiger partial charge in [-0.3, -0.25) is 9.78 Å². The van der Waals surface area contributed by atoms with E-state index in [-0.39, 0.29) is 23.9 Å². The lowest BCUT2D eigenvalue weighted by molar-refractivity contribution is -0.114. The van der Waals surface area contributed by atoms with E-state index in [1.807, 2.05) is 6.07 Å². The fraction of sp³-hybridized carbons (Fsp3) is 0.200. The van der Waals surface area contributed by atoms with Gasteiger partial charge in [0.25, 0.3) is 0 Å². The molecule has 0 aliphatic carbocycles. The summed E-state index contributed by atoms with van der Waals surface area (Å²) in [5.41, 5.74) is 1.77. The number of amides is 1. The zero-order valence-corrected chi connectivity index (χ0v) is 16.4. The summed E-state index contributed by atoms with van der Waals surface area (Å²) in [5, 5.41) is 2.63. The van der Waals surface area contributed by atoms with Crippen LogP contribution in [0.1, 0.15) is 23.8 Å². The Hall–Kier alpha value is -2.97. The second kappa shape index (κ2) is 8.37. The normalized spacial score (nSPS) is 11.5. The quantitative estimate of drug-likeness (QED) is 0.658. The van der Waals surface area contributed by atoms with Gasteiger partial charge in [0, 0.05) is 31.5 Å². The monoisotopic (exact) mass is 399 g/mol. The number of rotatable bonds is 7. The standard InChI is InChI=1S/C20H21N3O4S/c1-15-7-8-18(22-16(2)24)11-20(15)28(25,26)23(14-19-6-4-10-27-19)13-17-5-3-9-21-12-17/h3-12H,13-14H2,1-2H3,(H,22,24). The molecule has 3 aromatic rings. The third-order valence-corrected chi connectivity index (χ3v) is 6.05. The number of hydrogen-bond acceptors (Lipinski definition) is 5. The Bertz CT molecular complexity index is 1050. The summed E-state index contributed by atoms with van der Waals surface area (Å²) < 4.78 is 33.6. The molecular weight excluding hydrogens is 378 g/mol. The molecule has 0 saturated carbocycles. The molecule has 0 radical (unpaired) electrons. The van der Waals surface area contributed by atoms with Gasteiger partial charge in [-0.05, 0) is 48.4 Å². The van der Waals surface area contributed by atoms with Crippen LogP contribution in [0, 0.1) is 6.92 Å². The molecule has 146 valence electrons. The number of benzene rings is 1. The lowest BCUT2D eigenvalue weighted by atomic mass is 10.2. The number of furan rings is 1. The number of aromatic nitrogens is 1. The van der Waals surface area contributed by atoms with Crippen LogP contribution < -0.4 is 5.32 Å². The summed E-state index contributed by atoms with van der Waals surface area (Å²) in [6.45, 7) is 3.31. The molecule has 0 saturated heterocycles. The molecule has 2 heterocycles. The van der Waals surface area contributed by atoms with Crippen LogP contribution in [0.3, 0.4) is 0 Å². The van der Waals surface area contributed by atoms with Crippen LogP contribution >= 0.6 is 0 Å². The maximum atomic E-state index is 13.5. The second-order valence-electron chi connectivity index (χ2n) is 6.38.